The summed E-state index contributed by atoms with van der Waals surface area (Å²) < 4.78 is 0. The smallest absolute Gasteiger partial charge is 0.306 e. The molecule has 0 aromatic heterocycles. The number of amides is 2. The Morgan fingerprint density at radius 3 is 2.48 bits per heavy atom. The SMILES string of the molecule is CC1CN(C(=O)CNC(=O)CCC2CCCC2)CCC1C(=O)O. The van der Waals surface area contributed by atoms with Gasteiger partial charge in [-0.15, -0.1) is 0 Å². The summed E-state index contributed by atoms with van der Waals surface area (Å²) in [6, 6.07) is 0. The van der Waals surface area contributed by atoms with E-state index in [0.29, 0.717) is 31.8 Å². The predicted molar refractivity (Wildman–Crippen MR) is 85.7 cm³/mol. The highest BCUT2D eigenvalue weighted by Crippen LogP contribution is 2.28. The third-order valence-electron chi connectivity index (χ3n) is 5.27. The minimum Gasteiger partial charge on any atom is -0.481 e. The van der Waals surface area contributed by atoms with Gasteiger partial charge in [0.25, 0.3) is 0 Å². The molecule has 1 saturated heterocycles. The van der Waals surface area contributed by atoms with Crippen LogP contribution in [0.25, 0.3) is 0 Å². The summed E-state index contributed by atoms with van der Waals surface area (Å²) in [7, 11) is 0. The number of carbonyl (C=O) groups is 3. The summed E-state index contributed by atoms with van der Waals surface area (Å²) in [5.41, 5.74) is 0. The third-order valence-corrected chi connectivity index (χ3v) is 5.27. The Balaban J connectivity index is 1.66. The van der Waals surface area contributed by atoms with Crippen LogP contribution in [0, 0.1) is 17.8 Å². The minimum atomic E-state index is -0.787. The molecule has 1 aliphatic carbocycles. The van der Waals surface area contributed by atoms with E-state index in [2.05, 4.69) is 5.32 Å². The molecule has 2 fully saturated rings. The van der Waals surface area contributed by atoms with Crippen molar-refractivity contribution in [3.05, 3.63) is 0 Å². The van der Waals surface area contributed by atoms with Gasteiger partial charge in [0.15, 0.2) is 0 Å². The summed E-state index contributed by atoms with van der Waals surface area (Å²) in [5.74, 6) is -0.714. The average molecular weight is 324 g/mol. The summed E-state index contributed by atoms with van der Waals surface area (Å²) in [4.78, 5) is 36.7. The lowest BCUT2D eigenvalue weighted by atomic mass is 9.87. The first-order chi connectivity index (χ1) is 11.0. The van der Waals surface area contributed by atoms with Gasteiger partial charge < -0.3 is 15.3 Å². The molecule has 0 radical (unpaired) electrons. The van der Waals surface area contributed by atoms with Crippen LogP contribution < -0.4 is 5.32 Å². The number of carbonyl (C=O) groups excluding carboxylic acids is 2. The van der Waals surface area contributed by atoms with E-state index >= 15 is 0 Å². The fourth-order valence-corrected chi connectivity index (χ4v) is 3.75. The molecule has 1 saturated carbocycles. The second-order valence-corrected chi connectivity index (χ2v) is 7.02. The fraction of sp³-hybridized carbons (Fsp3) is 0.824. The van der Waals surface area contributed by atoms with Crippen LogP contribution in [0.5, 0.6) is 0 Å². The molecule has 2 amide bonds. The predicted octanol–water partition coefficient (Wildman–Crippen LogP) is 1.64. The zero-order chi connectivity index (χ0) is 16.8. The van der Waals surface area contributed by atoms with Crippen LogP contribution in [0.15, 0.2) is 0 Å². The molecule has 0 bridgehead atoms. The number of carboxylic acid groups (broad SMARTS) is 1. The molecule has 2 unspecified atom stereocenters. The number of aliphatic carboxylic acids is 1. The van der Waals surface area contributed by atoms with Crippen LogP contribution >= 0.6 is 0 Å². The van der Waals surface area contributed by atoms with Crippen LogP contribution in [0.3, 0.4) is 0 Å². The number of piperidine rings is 1. The molecule has 2 aliphatic rings. The molecule has 2 N–H and O–H groups in total. The van der Waals surface area contributed by atoms with Gasteiger partial charge in [0.05, 0.1) is 12.5 Å². The molecule has 1 heterocycles. The maximum Gasteiger partial charge on any atom is 0.306 e. The zero-order valence-electron chi connectivity index (χ0n) is 13.9. The van der Waals surface area contributed by atoms with E-state index in [1.165, 1.54) is 25.7 Å². The van der Waals surface area contributed by atoms with Crippen molar-refractivity contribution >= 4 is 17.8 Å². The average Bonchev–Trinajstić information content (AvgIpc) is 3.03. The van der Waals surface area contributed by atoms with E-state index in [1.54, 1.807) is 4.90 Å². The van der Waals surface area contributed by atoms with Crippen molar-refractivity contribution in [2.45, 2.75) is 51.9 Å². The highest BCUT2D eigenvalue weighted by Gasteiger charge is 2.32. The van der Waals surface area contributed by atoms with Gasteiger partial charge in [0.1, 0.15) is 0 Å². The minimum absolute atomic E-state index is 0.0218. The van der Waals surface area contributed by atoms with E-state index in [1.807, 2.05) is 6.92 Å². The Morgan fingerprint density at radius 1 is 1.17 bits per heavy atom. The van der Waals surface area contributed by atoms with Gasteiger partial charge >= 0.3 is 5.97 Å². The van der Waals surface area contributed by atoms with Gasteiger partial charge in [0, 0.05) is 19.5 Å². The maximum absolute atomic E-state index is 12.1. The number of likely N-dealkylation sites (tertiary alicyclic amines) is 1. The second-order valence-electron chi connectivity index (χ2n) is 7.02. The Hall–Kier alpha value is -1.59. The molecule has 23 heavy (non-hydrogen) atoms. The molecule has 2 rings (SSSR count). The van der Waals surface area contributed by atoms with Crippen LogP contribution in [0.4, 0.5) is 0 Å². The van der Waals surface area contributed by atoms with E-state index < -0.39 is 5.97 Å². The monoisotopic (exact) mass is 324 g/mol. The topological polar surface area (TPSA) is 86.7 Å². The van der Waals surface area contributed by atoms with Crippen molar-refractivity contribution in [1.82, 2.24) is 10.2 Å². The first-order valence-corrected chi connectivity index (χ1v) is 8.74. The quantitative estimate of drug-likeness (QED) is 0.777. The first-order valence-electron chi connectivity index (χ1n) is 8.74. The third kappa shape index (κ3) is 5.22. The van der Waals surface area contributed by atoms with Crippen LogP contribution in [0.2, 0.25) is 0 Å². The van der Waals surface area contributed by atoms with Gasteiger partial charge in [-0.2, -0.15) is 0 Å². The Bertz CT molecular complexity index is 446. The fourth-order valence-electron chi connectivity index (χ4n) is 3.75. The number of hydrogen-bond acceptors (Lipinski definition) is 3. The Labute approximate surface area is 137 Å². The molecule has 6 nitrogen and oxygen atoms in total. The molecular formula is C17H28N2O4. The molecule has 0 aromatic rings. The van der Waals surface area contributed by atoms with Crippen molar-refractivity contribution in [2.24, 2.45) is 17.8 Å². The van der Waals surface area contributed by atoms with Gasteiger partial charge in [-0.25, -0.2) is 0 Å². The van der Waals surface area contributed by atoms with Crippen molar-refractivity contribution in [1.29, 1.82) is 0 Å². The lowest BCUT2D eigenvalue weighted by Gasteiger charge is -2.35. The van der Waals surface area contributed by atoms with E-state index in [4.69, 9.17) is 5.11 Å². The molecule has 1 aliphatic heterocycles. The highest BCUT2D eigenvalue weighted by molar-refractivity contribution is 5.85. The lowest BCUT2D eigenvalue weighted by Crippen LogP contribution is -2.48. The van der Waals surface area contributed by atoms with Crippen LogP contribution in [-0.2, 0) is 14.4 Å². The van der Waals surface area contributed by atoms with Crippen LogP contribution in [0.1, 0.15) is 51.9 Å². The number of rotatable bonds is 6. The van der Waals surface area contributed by atoms with E-state index in [0.717, 1.165) is 6.42 Å². The van der Waals surface area contributed by atoms with Gasteiger partial charge in [-0.3, -0.25) is 14.4 Å². The highest BCUT2D eigenvalue weighted by atomic mass is 16.4. The zero-order valence-corrected chi connectivity index (χ0v) is 13.9. The van der Waals surface area contributed by atoms with Gasteiger partial charge in [0.2, 0.25) is 11.8 Å². The number of nitrogens with one attached hydrogen (secondary N) is 1. The van der Waals surface area contributed by atoms with E-state index in [9.17, 15) is 14.4 Å². The lowest BCUT2D eigenvalue weighted by molar-refractivity contribution is -0.148. The van der Waals surface area contributed by atoms with Crippen molar-refractivity contribution in [3.63, 3.8) is 0 Å². The van der Waals surface area contributed by atoms with Gasteiger partial charge in [-0.1, -0.05) is 32.6 Å². The van der Waals surface area contributed by atoms with Crippen molar-refractivity contribution in [2.75, 3.05) is 19.6 Å². The standard InChI is InChI=1S/C17H28N2O4/c1-12-11-19(9-8-14(12)17(22)23)16(21)10-18-15(20)7-6-13-4-2-3-5-13/h12-14H,2-11H2,1H3,(H,18,20)(H,22,23). The van der Waals surface area contributed by atoms with Crippen LogP contribution in [-0.4, -0.2) is 47.4 Å². The number of hydrogen-bond donors (Lipinski definition) is 2. The molecule has 2 atom stereocenters. The van der Waals surface area contributed by atoms with E-state index in [-0.39, 0.29) is 30.2 Å². The molecular weight excluding hydrogens is 296 g/mol. The molecule has 6 heteroatoms. The number of nitrogens with zero attached hydrogens (tertiary/aromatic N) is 1. The molecule has 0 spiro atoms. The summed E-state index contributed by atoms with van der Waals surface area (Å²) in [6.07, 6.45) is 6.89. The molecule has 0 aromatic carbocycles. The molecule has 130 valence electrons. The van der Waals surface area contributed by atoms with Gasteiger partial charge in [-0.05, 0) is 24.7 Å². The Morgan fingerprint density at radius 2 is 1.87 bits per heavy atom. The normalized spacial score (nSPS) is 25.3. The second kappa shape index (κ2) is 8.31. The maximum atomic E-state index is 12.1. The van der Waals surface area contributed by atoms with Crippen molar-refractivity contribution in [3.8, 4) is 0 Å². The summed E-state index contributed by atoms with van der Waals surface area (Å²) >= 11 is 0. The van der Waals surface area contributed by atoms with Crippen molar-refractivity contribution < 1.29 is 19.5 Å². The summed E-state index contributed by atoms with van der Waals surface area (Å²) in [5, 5.41) is 11.8. The largest absolute Gasteiger partial charge is 0.481 e. The summed E-state index contributed by atoms with van der Waals surface area (Å²) in [6.45, 7) is 2.79. The first kappa shape index (κ1) is 17.8. The number of carboxylic acids is 1. The Kier molecular flexibility index (Phi) is 6.42.